The second-order valence-electron chi connectivity index (χ2n) is 38.3. The van der Waals surface area contributed by atoms with Crippen molar-refractivity contribution in [1.29, 1.82) is 0 Å². The second kappa shape index (κ2) is 52.0. The number of nitrogens with zero attached hydrogens (tertiary/aromatic N) is 12. The number of hydrogen-bond acceptors (Lipinski definition) is 17. The number of aliphatic hydroxyl groups is 1. The van der Waals surface area contributed by atoms with Crippen molar-refractivity contribution in [3.05, 3.63) is 465 Å². The average Bonchev–Trinajstić information content (AvgIpc) is 0.732. The first-order valence-electron chi connectivity index (χ1n) is 51.5. The summed E-state index contributed by atoms with van der Waals surface area (Å²) in [6.45, 7) is 25.1. The zero-order valence-electron chi connectivity index (χ0n) is 82.7. The molecule has 4 saturated heterocycles. The molecule has 13 aromatic carbocycles. The minimum atomic E-state index is -1.03. The molecule has 21 heteroatoms. The van der Waals surface area contributed by atoms with Gasteiger partial charge in [-0.3, -0.25) is 54.2 Å². The predicted molar refractivity (Wildman–Crippen MR) is 606 cm³/mol. The topological polar surface area (TPSA) is 146 Å². The Hall–Kier alpha value is -12.5. The number of β-amino-alcohol motifs (C(OH)–C–C–N with tert-alkyl or cyclic N) is 1. The molecule has 4 aliphatic rings. The lowest BCUT2D eigenvalue weighted by Gasteiger charge is -2.49. The molecule has 0 aliphatic carbocycles. The highest BCUT2D eigenvalue weighted by Crippen LogP contribution is 2.44. The summed E-state index contributed by atoms with van der Waals surface area (Å²) in [7, 11) is 0. The van der Waals surface area contributed by atoms with Gasteiger partial charge in [0.2, 0.25) is 0 Å². The summed E-state index contributed by atoms with van der Waals surface area (Å²) in [6, 6.07) is 129. The van der Waals surface area contributed by atoms with E-state index in [9.17, 15) is 5.11 Å². The maximum atomic E-state index is 11.9. The van der Waals surface area contributed by atoms with Crippen molar-refractivity contribution in [3.63, 3.8) is 0 Å². The molecule has 0 saturated carbocycles. The number of nitrogens with one attached hydrogen (secondary N) is 4. The van der Waals surface area contributed by atoms with E-state index in [-0.39, 0.29) is 5.54 Å². The van der Waals surface area contributed by atoms with E-state index in [4.69, 9.17) is 46.4 Å². The summed E-state index contributed by atoms with van der Waals surface area (Å²) in [5.41, 5.74) is 18.2. The molecule has 0 atom stereocenters. The van der Waals surface area contributed by atoms with Gasteiger partial charge in [-0.2, -0.15) is 0 Å². The fourth-order valence-electron chi connectivity index (χ4n) is 21.2. The molecule has 4 aliphatic heterocycles. The number of halogens is 4. The van der Waals surface area contributed by atoms with Crippen molar-refractivity contribution >= 4 is 113 Å². The Morgan fingerprint density at radius 3 is 0.786 bits per heavy atom. The highest BCUT2D eigenvalue weighted by molar-refractivity contribution is 6.32. The van der Waals surface area contributed by atoms with Gasteiger partial charge < -0.3 is 31.3 Å². The third-order valence-electron chi connectivity index (χ3n) is 29.0. The third kappa shape index (κ3) is 27.8. The van der Waals surface area contributed by atoms with Crippen LogP contribution in [0.2, 0.25) is 20.1 Å². The molecule has 4 fully saturated rings. The van der Waals surface area contributed by atoms with Gasteiger partial charge >= 0.3 is 0 Å². The number of rotatable bonds is 35. The molecule has 17 aromatic rings. The van der Waals surface area contributed by atoms with Crippen molar-refractivity contribution in [1.82, 2.24) is 59.1 Å². The minimum Gasteiger partial charge on any atom is -0.384 e. The van der Waals surface area contributed by atoms with Gasteiger partial charge in [0.25, 0.3) is 0 Å². The lowest BCUT2D eigenvalue weighted by molar-refractivity contribution is 0.0174. The van der Waals surface area contributed by atoms with Crippen LogP contribution in [-0.2, 0) is 36.8 Å². The van der Waals surface area contributed by atoms with Gasteiger partial charge in [0, 0.05) is 258 Å². The Balaban J connectivity index is 0.000000127. The Morgan fingerprint density at radius 1 is 0.255 bits per heavy atom. The molecule has 0 radical (unpaired) electrons. The van der Waals surface area contributed by atoms with E-state index >= 15 is 0 Å². The smallest absolute Gasteiger partial charge is 0.127 e. The van der Waals surface area contributed by atoms with Crippen LogP contribution < -0.4 is 21.3 Å². The minimum absolute atomic E-state index is 0.342. The molecule has 4 aromatic heterocycles. The molecule has 21 rings (SSSR count). The standard InChI is InChI=1S/C34H33ClN4.C31H35ClN4.C30H33ClN4.C29H31ClN4O/c35-30-16-17-31-32(18-19-36-33(31)26-30)37-20-21-38-22-24-39(25-23-38)34(27-10-4-1-5-11-27,28-12-6-2-7-13-28)29-14-8-3-9-15-29;32-27-12-13-29-30(14-16-34-31(29)24-27)33-15-7-17-35-18-20-36(21-19-35)28(22-25-8-3-1-4-9-25)23-26-10-5-2-6-11-26;31-26-11-12-28-29(13-14-32-30(28)23-26)33-15-16-34-17-19-35(20-18-34)27(21-24-7-3-1-4-8-24)22-25-9-5-2-6-10-25;30-25-11-12-26-27(13-14-31-28(26)21-25)32-15-16-33-17-19-34(20-18-33)22-29(35,23-7-3-1-4-8-23)24-9-5-2-6-10-24/h1-19,26H,20-25H2,(H,36,37);1-6,8-14,16,24,28H,7,15,17-23H2,(H,33,34);1-14,23,27H,15-22H2,(H,32,33);1-14,21,35H,15-20,22H2,(H,31,32). The summed E-state index contributed by atoms with van der Waals surface area (Å²) >= 11 is 24.5. The lowest BCUT2D eigenvalue weighted by atomic mass is 9.75. The van der Waals surface area contributed by atoms with Gasteiger partial charge in [0.15, 0.2) is 0 Å². The van der Waals surface area contributed by atoms with Crippen LogP contribution in [0.3, 0.4) is 0 Å². The van der Waals surface area contributed by atoms with Crippen LogP contribution in [0.25, 0.3) is 43.6 Å². The molecule has 0 bridgehead atoms. The fraction of sp³-hybridized carbons (Fsp3) is 0.274. The van der Waals surface area contributed by atoms with Crippen LogP contribution in [0.4, 0.5) is 22.7 Å². The quantitative estimate of drug-likeness (QED) is 0.0189. The van der Waals surface area contributed by atoms with Crippen LogP contribution in [0.1, 0.15) is 56.5 Å². The number of hydrogen-bond donors (Lipinski definition) is 5. The number of fused-ring (bicyclic) bond motifs is 4. The average molecular weight is 2000 g/mol. The van der Waals surface area contributed by atoms with Crippen molar-refractivity contribution in [2.45, 2.75) is 55.3 Å². The summed E-state index contributed by atoms with van der Waals surface area (Å²) < 4.78 is 0. The van der Waals surface area contributed by atoms with E-state index < -0.39 is 5.60 Å². The van der Waals surface area contributed by atoms with Crippen molar-refractivity contribution in [3.8, 4) is 0 Å². The van der Waals surface area contributed by atoms with Crippen LogP contribution in [0.15, 0.2) is 395 Å². The number of anilines is 4. The zero-order chi connectivity index (χ0) is 99.0. The number of aromatic nitrogens is 4. The number of piperazine rings is 4. The summed E-state index contributed by atoms with van der Waals surface area (Å²) in [4.78, 5) is 38.5. The number of benzene rings is 13. The summed E-state index contributed by atoms with van der Waals surface area (Å²) in [6.07, 6.45) is 12.9. The highest BCUT2D eigenvalue weighted by atomic mass is 35.5. The van der Waals surface area contributed by atoms with Crippen molar-refractivity contribution < 1.29 is 5.11 Å². The molecular weight excluding hydrogens is 1870 g/mol. The van der Waals surface area contributed by atoms with Crippen LogP contribution in [-0.4, -0.2) is 240 Å². The van der Waals surface area contributed by atoms with E-state index in [0.717, 1.165) is 277 Å². The third-order valence-corrected chi connectivity index (χ3v) is 29.9. The van der Waals surface area contributed by atoms with E-state index in [0.29, 0.717) is 28.7 Å². The molecule has 17 nitrogen and oxygen atoms in total. The van der Waals surface area contributed by atoms with Crippen LogP contribution in [0, 0.1) is 0 Å². The fourth-order valence-corrected chi connectivity index (χ4v) is 21.9. The first kappa shape index (κ1) is 103. The van der Waals surface area contributed by atoms with Gasteiger partial charge in [0.05, 0.1) is 27.6 Å². The van der Waals surface area contributed by atoms with Gasteiger partial charge in [0.1, 0.15) is 5.60 Å². The van der Waals surface area contributed by atoms with Crippen molar-refractivity contribution in [2.75, 3.05) is 185 Å². The van der Waals surface area contributed by atoms with E-state index in [1.165, 1.54) is 38.9 Å². The summed E-state index contributed by atoms with van der Waals surface area (Å²) in [5, 5.41) is 33.6. The molecule has 0 spiro atoms. The maximum absolute atomic E-state index is 11.9. The largest absolute Gasteiger partial charge is 0.384 e. The van der Waals surface area contributed by atoms with E-state index in [2.05, 4.69) is 299 Å². The maximum Gasteiger partial charge on any atom is 0.127 e. The van der Waals surface area contributed by atoms with Gasteiger partial charge in [-0.1, -0.05) is 319 Å². The summed E-state index contributed by atoms with van der Waals surface area (Å²) in [5.74, 6) is 0. The SMILES string of the molecule is Clc1ccc2c(NCCCN3CCN(C(Cc4ccccc4)Cc4ccccc4)CC3)ccnc2c1.Clc1ccc2c(NCCN3CCN(C(Cc4ccccc4)Cc4ccccc4)CC3)ccnc2c1.Clc1ccc2c(NCCN3CCN(C(c4ccccc4)(c4ccccc4)c4ccccc4)CC3)ccnc2c1.OC(CN1CCN(CCNc2ccnc3cc(Cl)ccc23)CC1)(c1ccccc1)c1ccccc1. The molecular formula is C124H132Cl4N16O. The molecule has 145 heavy (non-hydrogen) atoms. The van der Waals surface area contributed by atoms with Crippen LogP contribution >= 0.6 is 46.4 Å². The number of pyridine rings is 4. The lowest BCUT2D eigenvalue weighted by Crippen LogP contribution is -2.57. The Morgan fingerprint density at radius 2 is 0.497 bits per heavy atom. The Bertz CT molecular complexity index is 6600. The van der Waals surface area contributed by atoms with Gasteiger partial charge in [-0.05, 0) is 186 Å². The second-order valence-corrected chi connectivity index (χ2v) is 40.1. The normalized spacial score (nSPS) is 15.1. The first-order valence-corrected chi connectivity index (χ1v) is 53.0. The van der Waals surface area contributed by atoms with Gasteiger partial charge in [-0.25, -0.2) is 0 Å². The molecule has 8 heterocycles. The molecule has 0 amide bonds. The van der Waals surface area contributed by atoms with Crippen molar-refractivity contribution in [2.24, 2.45) is 0 Å². The highest BCUT2D eigenvalue weighted by Gasteiger charge is 2.44. The van der Waals surface area contributed by atoms with Gasteiger partial charge in [-0.15, -0.1) is 0 Å². The van der Waals surface area contributed by atoms with E-state index in [1.807, 2.05) is 176 Å². The monoisotopic (exact) mass is 2000 g/mol. The van der Waals surface area contributed by atoms with E-state index in [1.54, 1.807) is 0 Å². The van der Waals surface area contributed by atoms with Crippen LogP contribution in [0.5, 0.6) is 0 Å². The Kier molecular flexibility index (Phi) is 36.8. The zero-order valence-corrected chi connectivity index (χ0v) is 85.7. The molecule has 0 unspecified atom stereocenters. The molecule has 5 N–H and O–H groups in total. The predicted octanol–water partition coefficient (Wildman–Crippen LogP) is 23.7. The Labute approximate surface area is 875 Å². The first-order chi connectivity index (χ1) is 71.3. The molecule has 742 valence electrons.